The molecule has 0 atom stereocenters. The summed E-state index contributed by atoms with van der Waals surface area (Å²) in [5.41, 5.74) is 0. The third kappa shape index (κ3) is 20.3. The zero-order chi connectivity index (χ0) is 15.4. The summed E-state index contributed by atoms with van der Waals surface area (Å²) < 4.78 is 0. The van der Waals surface area contributed by atoms with Crippen LogP contribution in [0.25, 0.3) is 0 Å². The quantitative estimate of drug-likeness (QED) is 0.177. The number of rotatable bonds is 18. The summed E-state index contributed by atoms with van der Waals surface area (Å²) in [4.78, 5) is 0. The Kier molecular flexibility index (Phi) is 20.6. The zero-order valence-corrected chi connectivity index (χ0v) is 15.3. The minimum absolute atomic E-state index is 0.843. The van der Waals surface area contributed by atoms with E-state index in [4.69, 9.17) is 11.6 Å². The minimum atomic E-state index is 0.843. The fraction of sp³-hybridized carbons (Fsp3) is 0.950. The molecular formula is C20H40Cl. The number of hydrogen-bond acceptors (Lipinski definition) is 0. The molecule has 21 heavy (non-hydrogen) atoms. The van der Waals surface area contributed by atoms with Crippen LogP contribution in [0.5, 0.6) is 0 Å². The second-order valence-electron chi connectivity index (χ2n) is 6.55. The lowest BCUT2D eigenvalue weighted by Crippen LogP contribution is -1.84. The van der Waals surface area contributed by atoms with Gasteiger partial charge in [0.15, 0.2) is 0 Å². The van der Waals surface area contributed by atoms with E-state index >= 15 is 0 Å². The van der Waals surface area contributed by atoms with Crippen LogP contribution in [0.2, 0.25) is 0 Å². The first-order valence-corrected chi connectivity index (χ1v) is 10.3. The molecule has 0 heterocycles. The molecule has 0 aliphatic heterocycles. The highest BCUT2D eigenvalue weighted by Crippen LogP contribution is 2.14. The summed E-state index contributed by atoms with van der Waals surface area (Å²) in [6.45, 7) is 3.89. The van der Waals surface area contributed by atoms with Crippen molar-refractivity contribution >= 4 is 11.6 Å². The monoisotopic (exact) mass is 315 g/mol. The van der Waals surface area contributed by atoms with E-state index in [-0.39, 0.29) is 0 Å². The number of halogens is 1. The lowest BCUT2D eigenvalue weighted by atomic mass is 10.0. The lowest BCUT2D eigenvalue weighted by Gasteiger charge is -2.03. The lowest BCUT2D eigenvalue weighted by molar-refractivity contribution is 0.527. The van der Waals surface area contributed by atoms with Crippen LogP contribution < -0.4 is 0 Å². The molecule has 0 amide bonds. The van der Waals surface area contributed by atoms with Crippen LogP contribution in [0.4, 0.5) is 0 Å². The highest BCUT2D eigenvalue weighted by molar-refractivity contribution is 6.17. The van der Waals surface area contributed by atoms with Crippen molar-refractivity contribution in [3.8, 4) is 0 Å². The molecule has 1 radical (unpaired) electrons. The van der Waals surface area contributed by atoms with Crippen molar-refractivity contribution in [3.63, 3.8) is 0 Å². The number of hydrogen-bond donors (Lipinski definition) is 0. The summed E-state index contributed by atoms with van der Waals surface area (Å²) in [7, 11) is 0. The fourth-order valence-electron chi connectivity index (χ4n) is 2.92. The van der Waals surface area contributed by atoms with Gasteiger partial charge in [-0.2, -0.15) is 0 Å². The molecule has 0 aliphatic carbocycles. The van der Waals surface area contributed by atoms with Crippen molar-refractivity contribution in [2.45, 2.75) is 116 Å². The van der Waals surface area contributed by atoms with Gasteiger partial charge in [-0.1, -0.05) is 116 Å². The molecule has 127 valence electrons. The second-order valence-corrected chi connectivity index (χ2v) is 6.93. The van der Waals surface area contributed by atoms with Crippen LogP contribution in [0, 0.1) is 6.92 Å². The molecule has 0 nitrogen and oxygen atoms in total. The Balaban J connectivity index is 2.90. The SMILES string of the molecule is [CH2]CCCCCCCCCCCCCCCCCCCCl. The number of alkyl halides is 1. The topological polar surface area (TPSA) is 0 Å². The minimum Gasteiger partial charge on any atom is -0.127 e. The van der Waals surface area contributed by atoms with Gasteiger partial charge in [-0.15, -0.1) is 11.6 Å². The fourth-order valence-corrected chi connectivity index (χ4v) is 3.11. The van der Waals surface area contributed by atoms with Gasteiger partial charge in [0.25, 0.3) is 0 Å². The Labute approximate surface area is 140 Å². The second kappa shape index (κ2) is 20.3. The average molecular weight is 316 g/mol. The average Bonchev–Trinajstić information content (AvgIpc) is 2.50. The van der Waals surface area contributed by atoms with Gasteiger partial charge in [0.2, 0.25) is 0 Å². The van der Waals surface area contributed by atoms with E-state index in [1.54, 1.807) is 0 Å². The van der Waals surface area contributed by atoms with Crippen molar-refractivity contribution in [1.29, 1.82) is 0 Å². The largest absolute Gasteiger partial charge is 0.127 e. The molecule has 0 aromatic carbocycles. The Bertz CT molecular complexity index is 149. The summed E-state index contributed by atoms with van der Waals surface area (Å²) in [5.74, 6) is 0.843. The molecule has 0 aromatic heterocycles. The molecule has 0 fully saturated rings. The Hall–Kier alpha value is 0.290. The van der Waals surface area contributed by atoms with E-state index in [1.807, 2.05) is 0 Å². The van der Waals surface area contributed by atoms with Gasteiger partial charge in [0, 0.05) is 5.88 Å². The predicted octanol–water partition coefficient (Wildman–Crippen LogP) is 8.08. The highest BCUT2D eigenvalue weighted by atomic mass is 35.5. The van der Waals surface area contributed by atoms with Crippen LogP contribution >= 0.6 is 11.6 Å². The van der Waals surface area contributed by atoms with Gasteiger partial charge < -0.3 is 0 Å². The molecule has 0 rings (SSSR count). The van der Waals surface area contributed by atoms with E-state index in [9.17, 15) is 0 Å². The van der Waals surface area contributed by atoms with E-state index in [0.717, 1.165) is 12.3 Å². The summed E-state index contributed by atoms with van der Waals surface area (Å²) >= 11 is 5.67. The van der Waals surface area contributed by atoms with Gasteiger partial charge in [0.1, 0.15) is 0 Å². The van der Waals surface area contributed by atoms with Crippen LogP contribution in [0.15, 0.2) is 0 Å². The van der Waals surface area contributed by atoms with Crippen LogP contribution in [-0.4, -0.2) is 5.88 Å². The first-order chi connectivity index (χ1) is 10.4. The van der Waals surface area contributed by atoms with Gasteiger partial charge in [-0.05, 0) is 6.42 Å². The molecule has 0 spiro atoms. The summed E-state index contributed by atoms with van der Waals surface area (Å²) in [6, 6.07) is 0. The van der Waals surface area contributed by atoms with Crippen molar-refractivity contribution in [2.24, 2.45) is 0 Å². The van der Waals surface area contributed by atoms with Gasteiger partial charge in [-0.25, -0.2) is 0 Å². The Morgan fingerprint density at radius 3 is 0.857 bits per heavy atom. The third-order valence-electron chi connectivity index (χ3n) is 4.38. The van der Waals surface area contributed by atoms with Gasteiger partial charge >= 0.3 is 0 Å². The van der Waals surface area contributed by atoms with Crippen molar-refractivity contribution in [2.75, 3.05) is 5.88 Å². The van der Waals surface area contributed by atoms with Gasteiger partial charge in [-0.3, -0.25) is 0 Å². The maximum Gasteiger partial charge on any atom is 0.0223 e. The molecule has 0 saturated carbocycles. The van der Waals surface area contributed by atoms with Crippen molar-refractivity contribution in [1.82, 2.24) is 0 Å². The van der Waals surface area contributed by atoms with Crippen LogP contribution in [-0.2, 0) is 0 Å². The standard InChI is InChI=1S/C20H40Cl/c1-2-3-4-5-6-7-8-9-10-11-12-13-14-15-16-17-18-19-20-21/h1-20H2. The van der Waals surface area contributed by atoms with Crippen molar-refractivity contribution < 1.29 is 0 Å². The highest BCUT2D eigenvalue weighted by Gasteiger charge is 1.94. The Morgan fingerprint density at radius 2 is 0.619 bits per heavy atom. The van der Waals surface area contributed by atoms with E-state index in [1.165, 1.54) is 109 Å². The Morgan fingerprint density at radius 1 is 0.381 bits per heavy atom. The van der Waals surface area contributed by atoms with Crippen LogP contribution in [0.1, 0.15) is 116 Å². The molecule has 0 N–H and O–H groups in total. The predicted molar refractivity (Wildman–Crippen MR) is 99.2 cm³/mol. The van der Waals surface area contributed by atoms with E-state index in [2.05, 4.69) is 6.92 Å². The van der Waals surface area contributed by atoms with E-state index < -0.39 is 0 Å². The molecule has 0 aromatic rings. The van der Waals surface area contributed by atoms with E-state index in [0.29, 0.717) is 0 Å². The maximum atomic E-state index is 5.67. The number of unbranched alkanes of at least 4 members (excludes halogenated alkanes) is 17. The zero-order valence-electron chi connectivity index (χ0n) is 14.5. The third-order valence-corrected chi connectivity index (χ3v) is 4.65. The normalized spacial score (nSPS) is 11.1. The first kappa shape index (κ1) is 21.3. The summed E-state index contributed by atoms with van der Waals surface area (Å²) in [6.07, 6.45) is 25.2. The molecule has 0 aliphatic rings. The smallest absolute Gasteiger partial charge is 0.0223 e. The summed E-state index contributed by atoms with van der Waals surface area (Å²) in [5, 5.41) is 0. The molecule has 0 saturated heterocycles. The molecule has 0 unspecified atom stereocenters. The maximum absolute atomic E-state index is 5.67. The molecule has 0 bridgehead atoms. The molecule has 1 heteroatoms. The molecular weight excluding hydrogens is 276 g/mol. The van der Waals surface area contributed by atoms with Crippen molar-refractivity contribution in [3.05, 3.63) is 6.92 Å². The first-order valence-electron chi connectivity index (χ1n) is 9.77. The van der Waals surface area contributed by atoms with Crippen LogP contribution in [0.3, 0.4) is 0 Å². The van der Waals surface area contributed by atoms with Gasteiger partial charge in [0.05, 0.1) is 0 Å².